The summed E-state index contributed by atoms with van der Waals surface area (Å²) < 4.78 is 4.54. The normalized spacial score (nSPS) is 10.2. The molecule has 0 fully saturated rings. The number of rotatable bonds is 6. The number of ether oxygens (including phenoxy) is 1. The van der Waals surface area contributed by atoms with E-state index in [2.05, 4.69) is 19.6 Å². The fraction of sp³-hybridized carbons (Fsp3) is 0.429. The molecule has 0 aliphatic heterocycles. The standard InChI is InChI=1S/C14H18O6/c1-4-9-17-14(16)19-20-18-13(15)12-7-5-11(6-8-12)10(2)3/h5-8,10H,4,9H2,1-3H3. The quantitative estimate of drug-likeness (QED) is 0.452. The van der Waals surface area contributed by atoms with Crippen LogP contribution in [-0.2, 0) is 19.6 Å². The van der Waals surface area contributed by atoms with Gasteiger partial charge in [-0.3, -0.25) is 4.89 Å². The first-order chi connectivity index (χ1) is 9.54. The minimum Gasteiger partial charge on any atom is -0.432 e. The van der Waals surface area contributed by atoms with E-state index in [9.17, 15) is 9.59 Å². The first-order valence-corrected chi connectivity index (χ1v) is 6.36. The molecule has 0 aliphatic carbocycles. The monoisotopic (exact) mass is 282 g/mol. The molecule has 0 saturated carbocycles. The van der Waals surface area contributed by atoms with Crippen molar-refractivity contribution >= 4 is 12.1 Å². The molecule has 6 heteroatoms. The zero-order valence-electron chi connectivity index (χ0n) is 11.8. The second kappa shape index (κ2) is 8.16. The van der Waals surface area contributed by atoms with E-state index in [4.69, 9.17) is 0 Å². The summed E-state index contributed by atoms with van der Waals surface area (Å²) in [5.74, 6) is -0.392. The Hall–Kier alpha value is -2.08. The van der Waals surface area contributed by atoms with Crippen LogP contribution < -0.4 is 0 Å². The third-order valence-electron chi connectivity index (χ3n) is 2.45. The summed E-state index contributed by atoms with van der Waals surface area (Å²) in [6.07, 6.45) is -0.410. The summed E-state index contributed by atoms with van der Waals surface area (Å²) in [6.45, 7) is 6.13. The second-order valence-electron chi connectivity index (χ2n) is 4.40. The van der Waals surface area contributed by atoms with Crippen molar-refractivity contribution in [3.8, 4) is 0 Å². The number of carbonyl (C=O) groups excluding carboxylic acids is 2. The fourth-order valence-electron chi connectivity index (χ4n) is 1.34. The molecule has 0 unspecified atom stereocenters. The van der Waals surface area contributed by atoms with Crippen LogP contribution in [-0.4, -0.2) is 18.7 Å². The highest BCUT2D eigenvalue weighted by Crippen LogP contribution is 2.15. The molecule has 0 bridgehead atoms. The van der Waals surface area contributed by atoms with E-state index in [-0.39, 0.29) is 6.61 Å². The molecule has 0 aromatic heterocycles. The van der Waals surface area contributed by atoms with Crippen molar-refractivity contribution in [3.05, 3.63) is 35.4 Å². The Balaban J connectivity index is 2.37. The molecular formula is C14H18O6. The van der Waals surface area contributed by atoms with Gasteiger partial charge in [-0.15, -0.1) is 0 Å². The lowest BCUT2D eigenvalue weighted by Crippen LogP contribution is -2.12. The molecule has 1 aromatic rings. The van der Waals surface area contributed by atoms with Crippen LogP contribution in [0.1, 0.15) is 49.0 Å². The number of hydrogen-bond donors (Lipinski definition) is 0. The van der Waals surface area contributed by atoms with Gasteiger partial charge in [0.1, 0.15) is 0 Å². The average Bonchev–Trinajstić information content (AvgIpc) is 2.45. The highest BCUT2D eigenvalue weighted by atomic mass is 17.5. The Bertz CT molecular complexity index is 437. The number of benzene rings is 1. The molecule has 0 N–H and O–H groups in total. The SMILES string of the molecule is CCCOC(=O)OOOC(=O)c1ccc(C(C)C)cc1. The Morgan fingerprint density at radius 1 is 1.10 bits per heavy atom. The minimum absolute atomic E-state index is 0.201. The Kier molecular flexibility index (Phi) is 6.52. The van der Waals surface area contributed by atoms with Crippen LogP contribution in [0.4, 0.5) is 4.79 Å². The Morgan fingerprint density at radius 2 is 1.75 bits per heavy atom. The zero-order valence-corrected chi connectivity index (χ0v) is 11.8. The van der Waals surface area contributed by atoms with Crippen molar-refractivity contribution in [3.63, 3.8) is 0 Å². The molecule has 20 heavy (non-hydrogen) atoms. The minimum atomic E-state index is -1.06. The summed E-state index contributed by atoms with van der Waals surface area (Å²) in [6, 6.07) is 6.85. The van der Waals surface area contributed by atoms with E-state index in [0.717, 1.165) is 5.56 Å². The molecule has 6 nitrogen and oxygen atoms in total. The van der Waals surface area contributed by atoms with Crippen molar-refractivity contribution < 1.29 is 29.1 Å². The van der Waals surface area contributed by atoms with Crippen LogP contribution in [0.5, 0.6) is 0 Å². The predicted octanol–water partition coefficient (Wildman–Crippen LogP) is 3.38. The molecule has 0 spiro atoms. The van der Waals surface area contributed by atoms with Crippen molar-refractivity contribution in [1.29, 1.82) is 0 Å². The topological polar surface area (TPSA) is 71.1 Å². The molecule has 0 aliphatic rings. The Morgan fingerprint density at radius 3 is 2.30 bits per heavy atom. The average molecular weight is 282 g/mol. The van der Waals surface area contributed by atoms with E-state index in [0.29, 0.717) is 17.9 Å². The van der Waals surface area contributed by atoms with Crippen LogP contribution in [0.15, 0.2) is 24.3 Å². The maximum Gasteiger partial charge on any atom is 0.543 e. The molecular weight excluding hydrogens is 264 g/mol. The van der Waals surface area contributed by atoms with Gasteiger partial charge >= 0.3 is 12.1 Å². The first-order valence-electron chi connectivity index (χ1n) is 6.36. The van der Waals surface area contributed by atoms with Gasteiger partial charge in [-0.1, -0.05) is 32.9 Å². The summed E-state index contributed by atoms with van der Waals surface area (Å²) in [5.41, 5.74) is 1.39. The summed E-state index contributed by atoms with van der Waals surface area (Å²) in [4.78, 5) is 30.8. The van der Waals surface area contributed by atoms with Gasteiger partial charge in [-0.2, -0.15) is 0 Å². The molecule has 0 radical (unpaired) electrons. The maximum atomic E-state index is 11.5. The van der Waals surface area contributed by atoms with Gasteiger partial charge in [0.25, 0.3) is 0 Å². The second-order valence-corrected chi connectivity index (χ2v) is 4.40. The van der Waals surface area contributed by atoms with Gasteiger partial charge < -0.3 is 4.74 Å². The van der Waals surface area contributed by atoms with E-state index in [1.54, 1.807) is 12.1 Å². The van der Waals surface area contributed by atoms with Crippen LogP contribution in [0.25, 0.3) is 0 Å². The van der Waals surface area contributed by atoms with Crippen LogP contribution in [0, 0.1) is 0 Å². The lowest BCUT2D eigenvalue weighted by Gasteiger charge is -2.06. The predicted molar refractivity (Wildman–Crippen MR) is 69.8 cm³/mol. The highest BCUT2D eigenvalue weighted by molar-refractivity contribution is 5.88. The van der Waals surface area contributed by atoms with Gasteiger partial charge in [0, 0.05) is 0 Å². The van der Waals surface area contributed by atoms with Crippen molar-refractivity contribution in [2.24, 2.45) is 0 Å². The van der Waals surface area contributed by atoms with Crippen molar-refractivity contribution in [1.82, 2.24) is 0 Å². The number of hydrogen-bond acceptors (Lipinski definition) is 6. The number of carbonyl (C=O) groups is 2. The van der Waals surface area contributed by atoms with Gasteiger partial charge in [-0.25, -0.2) is 14.5 Å². The van der Waals surface area contributed by atoms with E-state index < -0.39 is 12.1 Å². The zero-order chi connectivity index (χ0) is 15.0. The van der Waals surface area contributed by atoms with Crippen molar-refractivity contribution in [2.45, 2.75) is 33.1 Å². The van der Waals surface area contributed by atoms with E-state index in [1.807, 2.05) is 32.9 Å². The summed E-state index contributed by atoms with van der Waals surface area (Å²) in [5, 5.41) is 4.06. The van der Waals surface area contributed by atoms with E-state index in [1.165, 1.54) is 0 Å². The largest absolute Gasteiger partial charge is 0.543 e. The van der Waals surface area contributed by atoms with Crippen LogP contribution in [0.2, 0.25) is 0 Å². The molecule has 0 atom stereocenters. The van der Waals surface area contributed by atoms with E-state index >= 15 is 0 Å². The van der Waals surface area contributed by atoms with Gasteiger partial charge in [-0.05, 0) is 30.0 Å². The van der Waals surface area contributed by atoms with Gasteiger partial charge in [0.2, 0.25) is 0 Å². The molecule has 1 rings (SSSR count). The van der Waals surface area contributed by atoms with Crippen molar-refractivity contribution in [2.75, 3.05) is 6.61 Å². The lowest BCUT2D eigenvalue weighted by molar-refractivity contribution is -0.452. The first kappa shape index (κ1) is 16.0. The Labute approximate surface area is 117 Å². The molecule has 0 heterocycles. The molecule has 110 valence electrons. The summed E-state index contributed by atoms with van der Waals surface area (Å²) >= 11 is 0. The van der Waals surface area contributed by atoms with Crippen LogP contribution >= 0.6 is 0 Å². The third-order valence-corrected chi connectivity index (χ3v) is 2.45. The fourth-order valence-corrected chi connectivity index (χ4v) is 1.34. The molecule has 0 saturated heterocycles. The van der Waals surface area contributed by atoms with Crippen LogP contribution in [0.3, 0.4) is 0 Å². The van der Waals surface area contributed by atoms with Gasteiger partial charge in [0.15, 0.2) is 0 Å². The molecule has 0 amide bonds. The maximum absolute atomic E-state index is 11.5. The summed E-state index contributed by atoms with van der Waals surface area (Å²) in [7, 11) is 0. The lowest BCUT2D eigenvalue weighted by atomic mass is 10.0. The highest BCUT2D eigenvalue weighted by Gasteiger charge is 2.12. The molecule has 1 aromatic carbocycles. The van der Waals surface area contributed by atoms with Gasteiger partial charge in [0.05, 0.1) is 17.2 Å². The smallest absolute Gasteiger partial charge is 0.432 e. The third kappa shape index (κ3) is 5.27.